The molecule has 0 saturated heterocycles. The first kappa shape index (κ1) is 12.1. The SMILES string of the molecule is CC(=O)c1cccc(Oc2ccc(I)cc2)c1. The predicted molar refractivity (Wildman–Crippen MR) is 75.7 cm³/mol. The molecule has 2 aromatic rings. The molecule has 0 saturated carbocycles. The Balaban J connectivity index is 2.21. The molecule has 0 aliphatic heterocycles. The van der Waals surface area contributed by atoms with Crippen LogP contribution in [0.1, 0.15) is 17.3 Å². The average molecular weight is 338 g/mol. The molecule has 2 rings (SSSR count). The second kappa shape index (κ2) is 5.31. The number of benzene rings is 2. The Kier molecular flexibility index (Phi) is 3.78. The second-order valence-corrected chi connectivity index (χ2v) is 4.89. The van der Waals surface area contributed by atoms with Crippen molar-refractivity contribution in [1.29, 1.82) is 0 Å². The zero-order valence-electron chi connectivity index (χ0n) is 9.31. The fourth-order valence-electron chi connectivity index (χ4n) is 1.42. The van der Waals surface area contributed by atoms with Crippen molar-refractivity contribution in [3.63, 3.8) is 0 Å². The topological polar surface area (TPSA) is 26.3 Å². The maximum absolute atomic E-state index is 11.2. The van der Waals surface area contributed by atoms with Crippen molar-refractivity contribution in [1.82, 2.24) is 0 Å². The minimum absolute atomic E-state index is 0.0399. The van der Waals surface area contributed by atoms with Gasteiger partial charge in [0.1, 0.15) is 11.5 Å². The van der Waals surface area contributed by atoms with Crippen molar-refractivity contribution in [3.8, 4) is 11.5 Å². The van der Waals surface area contributed by atoms with Crippen LogP contribution in [0, 0.1) is 3.57 Å². The summed E-state index contributed by atoms with van der Waals surface area (Å²) in [6, 6.07) is 15.0. The summed E-state index contributed by atoms with van der Waals surface area (Å²) in [5.74, 6) is 1.49. The van der Waals surface area contributed by atoms with E-state index in [2.05, 4.69) is 22.6 Å². The molecule has 2 aromatic carbocycles. The molecule has 0 N–H and O–H groups in total. The molecule has 86 valence electrons. The number of halogens is 1. The Morgan fingerprint density at radius 1 is 1.06 bits per heavy atom. The minimum Gasteiger partial charge on any atom is -0.457 e. The van der Waals surface area contributed by atoms with Crippen LogP contribution in [-0.2, 0) is 0 Å². The molecule has 3 heteroatoms. The Morgan fingerprint density at radius 2 is 1.76 bits per heavy atom. The first-order chi connectivity index (χ1) is 8.15. The number of carbonyl (C=O) groups is 1. The monoisotopic (exact) mass is 338 g/mol. The van der Waals surface area contributed by atoms with Gasteiger partial charge in [0.2, 0.25) is 0 Å². The predicted octanol–water partition coefficient (Wildman–Crippen LogP) is 4.29. The van der Waals surface area contributed by atoms with Gasteiger partial charge in [-0.05, 0) is 65.9 Å². The van der Waals surface area contributed by atoms with Gasteiger partial charge >= 0.3 is 0 Å². The molecule has 0 fully saturated rings. The van der Waals surface area contributed by atoms with Gasteiger partial charge in [-0.2, -0.15) is 0 Å². The Bertz CT molecular complexity index is 532. The van der Waals surface area contributed by atoms with Gasteiger partial charge in [-0.1, -0.05) is 12.1 Å². The van der Waals surface area contributed by atoms with Crippen molar-refractivity contribution in [3.05, 3.63) is 57.7 Å². The fourth-order valence-corrected chi connectivity index (χ4v) is 1.78. The molecule has 0 atom stereocenters. The molecule has 0 aliphatic carbocycles. The van der Waals surface area contributed by atoms with Gasteiger partial charge in [0, 0.05) is 9.13 Å². The third-order valence-corrected chi connectivity index (χ3v) is 3.01. The summed E-state index contributed by atoms with van der Waals surface area (Å²) < 4.78 is 6.83. The molecule has 0 aromatic heterocycles. The molecule has 0 heterocycles. The zero-order valence-corrected chi connectivity index (χ0v) is 11.5. The molecule has 0 bridgehead atoms. The smallest absolute Gasteiger partial charge is 0.159 e. The number of rotatable bonds is 3. The highest BCUT2D eigenvalue weighted by molar-refractivity contribution is 14.1. The molecule has 2 nitrogen and oxygen atoms in total. The highest BCUT2D eigenvalue weighted by atomic mass is 127. The van der Waals surface area contributed by atoms with Crippen molar-refractivity contribution in [2.45, 2.75) is 6.92 Å². The largest absolute Gasteiger partial charge is 0.457 e. The lowest BCUT2D eigenvalue weighted by Gasteiger charge is -2.06. The van der Waals surface area contributed by atoms with Crippen molar-refractivity contribution < 1.29 is 9.53 Å². The summed E-state index contributed by atoms with van der Waals surface area (Å²) in [6.45, 7) is 1.55. The van der Waals surface area contributed by atoms with Crippen LogP contribution in [0.4, 0.5) is 0 Å². The summed E-state index contributed by atoms with van der Waals surface area (Å²) in [7, 11) is 0. The van der Waals surface area contributed by atoms with Crippen LogP contribution in [0.25, 0.3) is 0 Å². The van der Waals surface area contributed by atoms with E-state index in [1.807, 2.05) is 36.4 Å². The zero-order chi connectivity index (χ0) is 12.3. The van der Waals surface area contributed by atoms with Crippen LogP contribution in [0.2, 0.25) is 0 Å². The Labute approximate surface area is 114 Å². The van der Waals surface area contributed by atoms with Gasteiger partial charge in [-0.15, -0.1) is 0 Å². The van der Waals surface area contributed by atoms with E-state index >= 15 is 0 Å². The lowest BCUT2D eigenvalue weighted by atomic mass is 10.1. The maximum Gasteiger partial charge on any atom is 0.159 e. The lowest BCUT2D eigenvalue weighted by molar-refractivity contribution is 0.101. The van der Waals surface area contributed by atoms with Crippen LogP contribution in [0.3, 0.4) is 0 Å². The van der Waals surface area contributed by atoms with E-state index in [1.165, 1.54) is 0 Å². The first-order valence-corrected chi connectivity index (χ1v) is 6.27. The molecule has 17 heavy (non-hydrogen) atoms. The number of ether oxygens (including phenoxy) is 1. The van der Waals surface area contributed by atoms with E-state index in [9.17, 15) is 4.79 Å². The van der Waals surface area contributed by atoms with E-state index < -0.39 is 0 Å². The third-order valence-electron chi connectivity index (χ3n) is 2.29. The maximum atomic E-state index is 11.2. The second-order valence-electron chi connectivity index (χ2n) is 3.64. The molecule has 0 amide bonds. The van der Waals surface area contributed by atoms with Crippen LogP contribution in [0.15, 0.2) is 48.5 Å². The van der Waals surface area contributed by atoms with Gasteiger partial charge in [0.05, 0.1) is 0 Å². The van der Waals surface area contributed by atoms with Gasteiger partial charge in [0.15, 0.2) is 5.78 Å². The minimum atomic E-state index is 0.0399. The highest BCUT2D eigenvalue weighted by Crippen LogP contribution is 2.23. The molecule has 0 aliphatic rings. The van der Waals surface area contributed by atoms with Crippen LogP contribution in [0.5, 0.6) is 11.5 Å². The van der Waals surface area contributed by atoms with Crippen LogP contribution >= 0.6 is 22.6 Å². The third kappa shape index (κ3) is 3.30. The quantitative estimate of drug-likeness (QED) is 0.617. The Morgan fingerprint density at radius 3 is 2.41 bits per heavy atom. The van der Waals surface area contributed by atoms with Crippen molar-refractivity contribution in [2.24, 2.45) is 0 Å². The summed E-state index contributed by atoms with van der Waals surface area (Å²) in [5.41, 5.74) is 0.660. The number of hydrogen-bond acceptors (Lipinski definition) is 2. The van der Waals surface area contributed by atoms with Crippen molar-refractivity contribution >= 4 is 28.4 Å². The summed E-state index contributed by atoms with van der Waals surface area (Å²) in [5, 5.41) is 0. The number of carbonyl (C=O) groups excluding carboxylic acids is 1. The van der Waals surface area contributed by atoms with Crippen LogP contribution in [-0.4, -0.2) is 5.78 Å². The van der Waals surface area contributed by atoms with E-state index in [1.54, 1.807) is 19.1 Å². The highest BCUT2D eigenvalue weighted by Gasteiger charge is 2.02. The number of Topliss-reactive ketones (excluding diaryl/α,β-unsaturated/α-hetero) is 1. The van der Waals surface area contributed by atoms with Gasteiger partial charge in [-0.25, -0.2) is 0 Å². The lowest BCUT2D eigenvalue weighted by Crippen LogP contribution is -1.92. The van der Waals surface area contributed by atoms with Gasteiger partial charge in [-0.3, -0.25) is 4.79 Å². The number of hydrogen-bond donors (Lipinski definition) is 0. The van der Waals surface area contributed by atoms with E-state index in [4.69, 9.17) is 4.74 Å². The molecular formula is C14H11IO2. The van der Waals surface area contributed by atoms with E-state index in [-0.39, 0.29) is 5.78 Å². The summed E-state index contributed by atoms with van der Waals surface area (Å²) in [4.78, 5) is 11.2. The van der Waals surface area contributed by atoms with Gasteiger partial charge in [0.25, 0.3) is 0 Å². The van der Waals surface area contributed by atoms with Crippen LogP contribution < -0.4 is 4.74 Å². The molecular weight excluding hydrogens is 327 g/mol. The van der Waals surface area contributed by atoms with E-state index in [0.717, 1.165) is 9.32 Å². The molecule has 0 unspecified atom stereocenters. The number of ketones is 1. The first-order valence-electron chi connectivity index (χ1n) is 5.19. The van der Waals surface area contributed by atoms with Crippen molar-refractivity contribution in [2.75, 3.05) is 0 Å². The Hall–Kier alpha value is -1.36. The van der Waals surface area contributed by atoms with E-state index in [0.29, 0.717) is 11.3 Å². The molecule has 0 radical (unpaired) electrons. The summed E-state index contributed by atoms with van der Waals surface area (Å²) >= 11 is 2.24. The molecule has 0 spiro atoms. The normalized spacial score (nSPS) is 10.0. The van der Waals surface area contributed by atoms with Gasteiger partial charge < -0.3 is 4.74 Å². The average Bonchev–Trinajstić information content (AvgIpc) is 2.32. The summed E-state index contributed by atoms with van der Waals surface area (Å²) in [6.07, 6.45) is 0. The fraction of sp³-hybridized carbons (Fsp3) is 0.0714. The standard InChI is InChI=1S/C14H11IO2/c1-10(16)11-3-2-4-14(9-11)17-13-7-5-12(15)6-8-13/h2-9H,1H3.